The van der Waals surface area contributed by atoms with Gasteiger partial charge in [-0.15, -0.1) is 0 Å². The van der Waals surface area contributed by atoms with Gasteiger partial charge in [-0.3, -0.25) is 5.32 Å². The Labute approximate surface area is 261 Å². The summed E-state index contributed by atoms with van der Waals surface area (Å²) >= 11 is 0. The number of esters is 3. The van der Waals surface area contributed by atoms with Crippen molar-refractivity contribution in [1.29, 1.82) is 0 Å². The second-order valence-electron chi connectivity index (χ2n) is 10.8. The standard InChI is InChI=1S/C37H34N2O6/c1-4-44-34(41)37(35(42)45-5-2)30-28-18-12-13-19-29(28)38-32(30)36(26-14-8-6-9-15-26,27-16-10-7-11-17-27)31(39-37)24-20-22-25(23-21-24)33(40)43-3/h6-23,31,38-39H,4-5H2,1-3H3/t31-/m0/s1. The molecule has 228 valence electrons. The number of nitrogens with one attached hydrogen (secondary N) is 2. The normalized spacial score (nSPS) is 16.4. The molecule has 0 aliphatic carbocycles. The molecule has 8 nitrogen and oxygen atoms in total. The van der Waals surface area contributed by atoms with Gasteiger partial charge in [-0.25, -0.2) is 14.4 Å². The Kier molecular flexibility index (Phi) is 7.99. The van der Waals surface area contributed by atoms with E-state index in [1.807, 2.05) is 97.1 Å². The van der Waals surface area contributed by atoms with E-state index in [2.05, 4.69) is 10.3 Å². The summed E-state index contributed by atoms with van der Waals surface area (Å²) in [4.78, 5) is 44.7. The molecule has 1 atom stereocenters. The van der Waals surface area contributed by atoms with Crippen molar-refractivity contribution < 1.29 is 28.6 Å². The van der Waals surface area contributed by atoms with Gasteiger partial charge in [0.2, 0.25) is 5.54 Å². The van der Waals surface area contributed by atoms with Gasteiger partial charge in [-0.05, 0) is 48.7 Å². The van der Waals surface area contributed by atoms with E-state index in [-0.39, 0.29) is 13.2 Å². The summed E-state index contributed by atoms with van der Waals surface area (Å²) in [6.07, 6.45) is 0. The van der Waals surface area contributed by atoms with Crippen LogP contribution in [0, 0.1) is 0 Å². The fourth-order valence-electron chi connectivity index (χ4n) is 6.71. The number of para-hydroxylation sites is 1. The molecule has 5 aromatic rings. The lowest BCUT2D eigenvalue weighted by Crippen LogP contribution is -2.65. The number of rotatable bonds is 8. The maximum Gasteiger partial charge on any atom is 0.342 e. The van der Waals surface area contributed by atoms with E-state index in [0.29, 0.717) is 22.2 Å². The van der Waals surface area contributed by atoms with Gasteiger partial charge in [0.15, 0.2) is 0 Å². The number of carbonyl (C=O) groups excluding carboxylic acids is 3. The number of fused-ring (bicyclic) bond motifs is 3. The van der Waals surface area contributed by atoms with E-state index in [9.17, 15) is 14.4 Å². The van der Waals surface area contributed by atoms with Crippen LogP contribution in [-0.4, -0.2) is 43.2 Å². The lowest BCUT2D eigenvalue weighted by molar-refractivity contribution is -0.168. The first kappa shape index (κ1) is 29.8. The van der Waals surface area contributed by atoms with Crippen LogP contribution in [0.3, 0.4) is 0 Å². The third-order valence-electron chi connectivity index (χ3n) is 8.56. The highest BCUT2D eigenvalue weighted by atomic mass is 16.6. The summed E-state index contributed by atoms with van der Waals surface area (Å²) in [5, 5.41) is 4.24. The van der Waals surface area contributed by atoms with Crippen molar-refractivity contribution >= 4 is 28.8 Å². The van der Waals surface area contributed by atoms with Crippen LogP contribution in [0.2, 0.25) is 0 Å². The lowest BCUT2D eigenvalue weighted by Gasteiger charge is -2.51. The number of ether oxygens (including phenoxy) is 3. The Morgan fingerprint density at radius 2 is 1.24 bits per heavy atom. The molecule has 2 N–H and O–H groups in total. The molecule has 0 unspecified atom stereocenters. The Balaban J connectivity index is 1.80. The second kappa shape index (κ2) is 12.1. The molecule has 1 aliphatic rings. The second-order valence-corrected chi connectivity index (χ2v) is 10.8. The van der Waals surface area contributed by atoms with Gasteiger partial charge in [0, 0.05) is 22.2 Å². The van der Waals surface area contributed by atoms with Crippen molar-refractivity contribution in [1.82, 2.24) is 10.3 Å². The van der Waals surface area contributed by atoms with Crippen LogP contribution in [-0.2, 0) is 34.8 Å². The van der Waals surface area contributed by atoms with E-state index < -0.39 is 34.9 Å². The molecule has 6 rings (SSSR count). The molecule has 0 saturated heterocycles. The summed E-state index contributed by atoms with van der Waals surface area (Å²) in [6, 6.07) is 33.8. The maximum absolute atomic E-state index is 14.3. The van der Waals surface area contributed by atoms with E-state index in [1.165, 1.54) is 7.11 Å². The Morgan fingerprint density at radius 3 is 1.78 bits per heavy atom. The molecule has 0 saturated carbocycles. The number of carbonyl (C=O) groups is 3. The zero-order chi connectivity index (χ0) is 31.6. The highest BCUT2D eigenvalue weighted by Gasteiger charge is 2.64. The molecule has 45 heavy (non-hydrogen) atoms. The van der Waals surface area contributed by atoms with Gasteiger partial charge in [-0.1, -0.05) is 91.0 Å². The van der Waals surface area contributed by atoms with E-state index in [4.69, 9.17) is 14.2 Å². The van der Waals surface area contributed by atoms with Crippen LogP contribution in [0.1, 0.15) is 58.2 Å². The molecule has 0 amide bonds. The highest BCUT2D eigenvalue weighted by Crippen LogP contribution is 2.56. The van der Waals surface area contributed by atoms with Crippen LogP contribution in [0.4, 0.5) is 0 Å². The van der Waals surface area contributed by atoms with E-state index in [0.717, 1.165) is 22.2 Å². The number of benzene rings is 4. The quantitative estimate of drug-likeness (QED) is 0.128. The largest absolute Gasteiger partial charge is 0.465 e. The first-order valence-electron chi connectivity index (χ1n) is 15.0. The Morgan fingerprint density at radius 1 is 0.711 bits per heavy atom. The molecular formula is C37H34N2O6. The minimum absolute atomic E-state index is 0.0559. The van der Waals surface area contributed by atoms with Gasteiger partial charge in [-0.2, -0.15) is 0 Å². The molecule has 4 aromatic carbocycles. The number of methoxy groups -OCH3 is 1. The van der Waals surface area contributed by atoms with Crippen molar-refractivity contribution in [2.45, 2.75) is 30.8 Å². The van der Waals surface area contributed by atoms with Gasteiger partial charge in [0.25, 0.3) is 0 Å². The molecular weight excluding hydrogens is 568 g/mol. The number of aromatic nitrogens is 1. The van der Waals surface area contributed by atoms with Gasteiger partial charge in [0.05, 0.1) is 37.3 Å². The van der Waals surface area contributed by atoms with Gasteiger partial charge < -0.3 is 19.2 Å². The Bertz CT molecular complexity index is 1790. The van der Waals surface area contributed by atoms with Crippen molar-refractivity contribution in [3.05, 3.63) is 143 Å². The molecule has 2 heterocycles. The van der Waals surface area contributed by atoms with E-state index in [1.54, 1.807) is 26.0 Å². The van der Waals surface area contributed by atoms with Crippen LogP contribution in [0.15, 0.2) is 109 Å². The van der Waals surface area contributed by atoms with Crippen LogP contribution in [0.25, 0.3) is 10.9 Å². The molecule has 0 fully saturated rings. The lowest BCUT2D eigenvalue weighted by atomic mass is 9.59. The monoisotopic (exact) mass is 602 g/mol. The average Bonchev–Trinajstić information content (AvgIpc) is 3.49. The molecule has 0 spiro atoms. The average molecular weight is 603 g/mol. The highest BCUT2D eigenvalue weighted by molar-refractivity contribution is 6.11. The predicted octanol–water partition coefficient (Wildman–Crippen LogP) is 5.95. The van der Waals surface area contributed by atoms with Crippen molar-refractivity contribution in [2.75, 3.05) is 20.3 Å². The molecule has 1 aromatic heterocycles. The summed E-state index contributed by atoms with van der Waals surface area (Å²) < 4.78 is 16.3. The first-order chi connectivity index (χ1) is 21.9. The third-order valence-corrected chi connectivity index (χ3v) is 8.56. The molecule has 1 aliphatic heterocycles. The maximum atomic E-state index is 14.3. The minimum atomic E-state index is -2.03. The minimum Gasteiger partial charge on any atom is -0.465 e. The fourth-order valence-corrected chi connectivity index (χ4v) is 6.71. The van der Waals surface area contributed by atoms with Gasteiger partial charge >= 0.3 is 17.9 Å². The van der Waals surface area contributed by atoms with Gasteiger partial charge in [0.1, 0.15) is 0 Å². The van der Waals surface area contributed by atoms with Crippen molar-refractivity contribution in [3.63, 3.8) is 0 Å². The topological polar surface area (TPSA) is 107 Å². The van der Waals surface area contributed by atoms with E-state index >= 15 is 0 Å². The number of H-pyrrole nitrogens is 1. The molecule has 0 bridgehead atoms. The van der Waals surface area contributed by atoms with Crippen LogP contribution < -0.4 is 5.32 Å². The SMILES string of the molecule is CCOC(=O)C1(C(=O)OCC)N[C@@H](c2ccc(C(=O)OC)cc2)C(c2ccccc2)(c2ccccc2)c2[nH]c3ccccc3c21. The number of hydrogen-bond donors (Lipinski definition) is 2. The first-order valence-corrected chi connectivity index (χ1v) is 15.0. The summed E-state index contributed by atoms with van der Waals surface area (Å²) in [7, 11) is 1.33. The summed E-state index contributed by atoms with van der Waals surface area (Å²) in [6.45, 7) is 3.52. The summed E-state index contributed by atoms with van der Waals surface area (Å²) in [5.41, 5.74) is 1.74. The van der Waals surface area contributed by atoms with Crippen LogP contribution in [0.5, 0.6) is 0 Å². The third kappa shape index (κ3) is 4.60. The summed E-state index contributed by atoms with van der Waals surface area (Å²) in [5.74, 6) is -2.00. The number of hydrogen-bond acceptors (Lipinski definition) is 7. The van der Waals surface area contributed by atoms with Crippen molar-refractivity contribution in [3.8, 4) is 0 Å². The zero-order valence-electron chi connectivity index (χ0n) is 25.3. The zero-order valence-corrected chi connectivity index (χ0v) is 25.3. The van der Waals surface area contributed by atoms with Crippen LogP contribution >= 0.6 is 0 Å². The fraction of sp³-hybridized carbons (Fsp3) is 0.216. The predicted molar refractivity (Wildman–Crippen MR) is 170 cm³/mol. The van der Waals surface area contributed by atoms with Crippen molar-refractivity contribution in [2.24, 2.45) is 0 Å². The Hall–Kier alpha value is -5.21. The molecule has 8 heteroatoms. The molecule has 0 radical (unpaired) electrons. The number of aromatic amines is 1. The smallest absolute Gasteiger partial charge is 0.342 e.